The van der Waals surface area contributed by atoms with Gasteiger partial charge in [0.15, 0.2) is 0 Å². The molecule has 0 fully saturated rings. The maximum atomic E-state index is 12.2. The van der Waals surface area contributed by atoms with Gasteiger partial charge in [0.25, 0.3) is 5.91 Å². The van der Waals surface area contributed by atoms with Crippen LogP contribution in [-0.4, -0.2) is 70.2 Å². The highest BCUT2D eigenvalue weighted by Gasteiger charge is 2.37. The molecule has 0 atom stereocenters. The van der Waals surface area contributed by atoms with Crippen LogP contribution < -0.4 is 31.0 Å². The van der Waals surface area contributed by atoms with Crippen molar-refractivity contribution in [3.05, 3.63) is 82.0 Å². The molecule has 10 nitrogen and oxygen atoms in total. The van der Waals surface area contributed by atoms with E-state index in [9.17, 15) is 4.79 Å². The molecule has 5 rings (SSSR count). The van der Waals surface area contributed by atoms with E-state index < -0.39 is 5.91 Å². The number of hydrogen-bond acceptors (Lipinski definition) is 9. The number of guanidine groups is 1. The topological polar surface area (TPSA) is 102 Å². The lowest BCUT2D eigenvalue weighted by Crippen LogP contribution is -2.38. The Morgan fingerprint density at radius 1 is 1.09 bits per heavy atom. The minimum atomic E-state index is -0.462. The number of nitrogens with two attached hydrogens (primary N) is 1. The number of rotatable bonds is 11. The molecule has 0 spiro atoms. The van der Waals surface area contributed by atoms with Crippen LogP contribution in [0.5, 0.6) is 5.75 Å². The molecule has 0 unspecified atom stereocenters. The average molecular weight is 599 g/mol. The zero-order valence-electron chi connectivity index (χ0n) is 27.1. The van der Waals surface area contributed by atoms with Gasteiger partial charge in [-0.15, -0.1) is 0 Å². The number of amides is 1. The predicted molar refractivity (Wildman–Crippen MR) is 180 cm³/mol. The highest BCUT2D eigenvalue weighted by molar-refractivity contribution is 6.10. The first-order valence-corrected chi connectivity index (χ1v) is 15.4. The number of allylic oxidation sites excluding steroid dienone is 2. The molecule has 4 N–H and O–H groups in total. The lowest BCUT2D eigenvalue weighted by Gasteiger charge is -2.34. The van der Waals surface area contributed by atoms with Crippen molar-refractivity contribution in [2.24, 2.45) is 10.7 Å². The second-order valence-electron chi connectivity index (χ2n) is 11.8. The van der Waals surface area contributed by atoms with Gasteiger partial charge in [0.05, 0.1) is 29.9 Å². The van der Waals surface area contributed by atoms with Crippen molar-refractivity contribution in [1.29, 1.82) is 0 Å². The van der Waals surface area contributed by atoms with E-state index in [4.69, 9.17) is 15.5 Å². The van der Waals surface area contributed by atoms with Crippen molar-refractivity contribution in [3.8, 4) is 5.75 Å². The first kappa shape index (κ1) is 31.0. The van der Waals surface area contributed by atoms with Gasteiger partial charge in [-0.3, -0.25) is 20.1 Å². The van der Waals surface area contributed by atoms with Crippen molar-refractivity contribution in [2.45, 2.75) is 46.0 Å². The molecule has 1 amide bonds. The molecule has 0 saturated carbocycles. The van der Waals surface area contributed by atoms with Crippen LogP contribution in [0.1, 0.15) is 44.2 Å². The standard InChI is InChI=1S/C34H46N8O2/c1-8-22-12-10-13-23(9-2)31(22)42-21-24-14-16-26-30(33(35)43)38-41(6)32(26)29(24)37-34(42)36-27-17-15-25(20-28(27)44-7)40(5)19-11-18-39(3)4/h10,12-13,15,17,20-21,38H,8-9,11,14,16,18-19H2,1-7H3,(H2,35,43)(H,36,37). The van der Waals surface area contributed by atoms with Crippen LogP contribution in [0.25, 0.3) is 0 Å². The van der Waals surface area contributed by atoms with Gasteiger partial charge in [0.2, 0.25) is 5.96 Å². The molecule has 0 bridgehead atoms. The second-order valence-corrected chi connectivity index (χ2v) is 11.8. The molecule has 44 heavy (non-hydrogen) atoms. The Hall–Kier alpha value is -4.44. The smallest absolute Gasteiger partial charge is 0.266 e. The molecule has 234 valence electrons. The number of likely N-dealkylation sites (N-methyl/N-ethyl adjacent to an activating group) is 1. The van der Waals surface area contributed by atoms with E-state index in [1.807, 2.05) is 12.1 Å². The van der Waals surface area contributed by atoms with E-state index in [2.05, 4.69) is 103 Å². The first-order valence-electron chi connectivity index (χ1n) is 15.4. The van der Waals surface area contributed by atoms with Crippen molar-refractivity contribution < 1.29 is 9.53 Å². The fraction of sp³-hybridized carbons (Fsp3) is 0.412. The number of nitrogens with one attached hydrogen (secondary N) is 2. The van der Waals surface area contributed by atoms with Gasteiger partial charge < -0.3 is 25.6 Å². The largest absolute Gasteiger partial charge is 0.494 e. The number of benzene rings is 2. The fourth-order valence-corrected chi connectivity index (χ4v) is 6.20. The number of nitrogens with zero attached hydrogens (tertiary/aromatic N) is 5. The number of ether oxygens (including phenoxy) is 1. The van der Waals surface area contributed by atoms with Gasteiger partial charge in [-0.25, -0.2) is 4.99 Å². The Kier molecular flexibility index (Phi) is 9.20. The van der Waals surface area contributed by atoms with Gasteiger partial charge in [-0.1, -0.05) is 32.0 Å². The number of fused-ring (bicyclic) bond motifs is 2. The van der Waals surface area contributed by atoms with E-state index in [-0.39, 0.29) is 0 Å². The number of anilines is 3. The summed E-state index contributed by atoms with van der Waals surface area (Å²) >= 11 is 0. The van der Waals surface area contributed by atoms with Crippen molar-refractivity contribution >= 4 is 28.9 Å². The highest BCUT2D eigenvalue weighted by Crippen LogP contribution is 2.43. The number of carbonyl (C=O) groups is 1. The molecule has 0 aromatic heterocycles. The summed E-state index contributed by atoms with van der Waals surface area (Å²) < 4.78 is 5.91. The summed E-state index contributed by atoms with van der Waals surface area (Å²) in [7, 11) is 9.90. The second kappa shape index (κ2) is 13.1. The average Bonchev–Trinajstić information content (AvgIpc) is 3.37. The third kappa shape index (κ3) is 5.99. The van der Waals surface area contributed by atoms with Crippen molar-refractivity contribution in [1.82, 2.24) is 15.3 Å². The van der Waals surface area contributed by atoms with E-state index >= 15 is 0 Å². The molecule has 2 heterocycles. The summed E-state index contributed by atoms with van der Waals surface area (Å²) in [6, 6.07) is 12.8. The molecule has 10 heteroatoms. The Morgan fingerprint density at radius 2 is 1.82 bits per heavy atom. The Bertz CT molecular complexity index is 1530. The summed E-state index contributed by atoms with van der Waals surface area (Å²) in [6.07, 6.45) is 6.52. The number of methoxy groups -OCH3 is 1. The normalized spacial score (nSPS) is 16.0. The Labute approximate surface area is 261 Å². The predicted octanol–water partition coefficient (Wildman–Crippen LogP) is 4.57. The summed E-state index contributed by atoms with van der Waals surface area (Å²) in [4.78, 5) is 24.2. The van der Waals surface area contributed by atoms with E-state index in [0.29, 0.717) is 18.1 Å². The van der Waals surface area contributed by atoms with E-state index in [1.54, 1.807) is 7.11 Å². The first-order chi connectivity index (χ1) is 21.2. The lowest BCUT2D eigenvalue weighted by molar-refractivity contribution is -0.115. The van der Waals surface area contributed by atoms with E-state index in [0.717, 1.165) is 84.1 Å². The van der Waals surface area contributed by atoms with Crippen LogP contribution in [0.4, 0.5) is 17.1 Å². The third-order valence-electron chi connectivity index (χ3n) is 8.53. The zero-order valence-corrected chi connectivity index (χ0v) is 27.1. The minimum Gasteiger partial charge on any atom is -0.494 e. The quantitative estimate of drug-likeness (QED) is 0.346. The molecule has 1 aliphatic carbocycles. The monoisotopic (exact) mass is 598 g/mol. The molecule has 2 aromatic carbocycles. The van der Waals surface area contributed by atoms with Crippen LogP contribution >= 0.6 is 0 Å². The number of aryl methyl sites for hydroxylation is 2. The van der Waals surface area contributed by atoms with Crippen LogP contribution in [0, 0.1) is 0 Å². The van der Waals surface area contributed by atoms with Crippen LogP contribution in [0.15, 0.2) is 75.8 Å². The van der Waals surface area contributed by atoms with Crippen molar-refractivity contribution in [3.63, 3.8) is 0 Å². The number of hydrazine groups is 1. The van der Waals surface area contributed by atoms with Gasteiger partial charge in [0, 0.05) is 44.2 Å². The Morgan fingerprint density at radius 3 is 2.45 bits per heavy atom. The highest BCUT2D eigenvalue weighted by atomic mass is 16.5. The van der Waals surface area contributed by atoms with Gasteiger partial charge in [0.1, 0.15) is 11.4 Å². The maximum absolute atomic E-state index is 12.2. The molecule has 2 aromatic rings. The molecule has 0 saturated heterocycles. The summed E-state index contributed by atoms with van der Waals surface area (Å²) in [5.74, 6) is 0.937. The fourth-order valence-electron chi connectivity index (χ4n) is 6.20. The Balaban J connectivity index is 1.59. The number of hydrogen-bond donors (Lipinski definition) is 3. The molecular formula is C34H46N8O2. The lowest BCUT2D eigenvalue weighted by atomic mass is 9.90. The van der Waals surface area contributed by atoms with Gasteiger partial charge >= 0.3 is 0 Å². The van der Waals surface area contributed by atoms with Gasteiger partial charge in [-0.2, -0.15) is 0 Å². The summed E-state index contributed by atoms with van der Waals surface area (Å²) in [5.41, 5.74) is 18.6. The van der Waals surface area contributed by atoms with Crippen LogP contribution in [-0.2, 0) is 17.6 Å². The maximum Gasteiger partial charge on any atom is 0.266 e. The SMILES string of the molecule is CCc1cccc(CC)c1N1C=C2CCC3=C(C(N)=O)NN(C)C3=C2N=C1Nc1ccc(N(C)CCCN(C)C)cc1OC. The molecule has 2 aliphatic heterocycles. The van der Waals surface area contributed by atoms with Gasteiger partial charge in [-0.05, 0) is 81.6 Å². The molecular weight excluding hydrogens is 552 g/mol. The van der Waals surface area contributed by atoms with E-state index in [1.165, 1.54) is 11.1 Å². The van der Waals surface area contributed by atoms with Crippen molar-refractivity contribution in [2.75, 3.05) is 63.5 Å². The van der Waals surface area contributed by atoms with Crippen LogP contribution in [0.3, 0.4) is 0 Å². The third-order valence-corrected chi connectivity index (χ3v) is 8.53. The number of para-hydroxylation sites is 1. The molecule has 3 aliphatic rings. The number of primary amides is 1. The minimum absolute atomic E-state index is 0.442. The zero-order chi connectivity index (χ0) is 31.5. The number of carbonyl (C=O) groups excluding carboxylic acids is 1. The summed E-state index contributed by atoms with van der Waals surface area (Å²) in [6.45, 7) is 6.35. The number of aliphatic imine (C=N–C) groups is 1. The summed E-state index contributed by atoms with van der Waals surface area (Å²) in [5, 5.41) is 5.49. The van der Waals surface area contributed by atoms with Crippen LogP contribution in [0.2, 0.25) is 0 Å². The molecule has 0 radical (unpaired) electrons.